The molecule has 134 valence electrons. The first-order valence-electron chi connectivity index (χ1n) is 7.68. The number of sulfonamides is 1. The van der Waals surface area contributed by atoms with Crippen molar-refractivity contribution in [2.24, 2.45) is 5.92 Å². The molecule has 2 heterocycles. The largest absolute Gasteiger partial charge is 0.326 e. The van der Waals surface area contributed by atoms with Crippen LogP contribution < -0.4 is 5.32 Å². The van der Waals surface area contributed by atoms with Crippen molar-refractivity contribution in [2.75, 3.05) is 18.4 Å². The lowest BCUT2D eigenvalue weighted by molar-refractivity contribution is -0.120. The lowest BCUT2D eigenvalue weighted by Crippen LogP contribution is -2.43. The number of hydrogen-bond acceptors (Lipinski definition) is 4. The Balaban J connectivity index is 1.70. The van der Waals surface area contributed by atoms with E-state index in [1.807, 2.05) is 12.1 Å². The molecule has 1 N–H and O–H groups in total. The summed E-state index contributed by atoms with van der Waals surface area (Å²) in [5, 5.41) is 2.85. The van der Waals surface area contributed by atoms with Crippen LogP contribution in [0.1, 0.15) is 12.8 Å². The van der Waals surface area contributed by atoms with Gasteiger partial charge in [-0.25, -0.2) is 8.42 Å². The number of nitrogens with one attached hydrogen (secondary N) is 1. The lowest BCUT2D eigenvalue weighted by Gasteiger charge is -2.30. The van der Waals surface area contributed by atoms with E-state index < -0.39 is 10.0 Å². The third-order valence-electron chi connectivity index (χ3n) is 4.01. The molecule has 1 atom stereocenters. The fourth-order valence-electron chi connectivity index (χ4n) is 2.72. The molecule has 1 aliphatic rings. The maximum atomic E-state index is 12.7. The number of thiophene rings is 1. The topological polar surface area (TPSA) is 66.5 Å². The van der Waals surface area contributed by atoms with Gasteiger partial charge in [0.1, 0.15) is 4.21 Å². The van der Waals surface area contributed by atoms with E-state index in [-0.39, 0.29) is 22.6 Å². The Morgan fingerprint density at radius 2 is 1.96 bits per heavy atom. The highest BCUT2D eigenvalue weighted by atomic mass is 79.9. The van der Waals surface area contributed by atoms with Gasteiger partial charge >= 0.3 is 0 Å². The van der Waals surface area contributed by atoms with Gasteiger partial charge in [-0.05, 0) is 49.2 Å². The first-order chi connectivity index (χ1) is 11.9. The smallest absolute Gasteiger partial charge is 0.252 e. The molecule has 1 aromatic carbocycles. The first kappa shape index (κ1) is 18.8. The SMILES string of the molecule is O=C(Nc1ccc(Br)cc1)C1CCCN(S(=O)(=O)c2ccc(Cl)s2)C1. The summed E-state index contributed by atoms with van der Waals surface area (Å²) in [4.78, 5) is 12.5. The second-order valence-corrected chi connectivity index (χ2v) is 10.6. The highest BCUT2D eigenvalue weighted by molar-refractivity contribution is 9.10. The summed E-state index contributed by atoms with van der Waals surface area (Å²) >= 11 is 10.2. The van der Waals surface area contributed by atoms with Crippen LogP contribution in [0.15, 0.2) is 45.1 Å². The number of nitrogens with zero attached hydrogens (tertiary/aromatic N) is 1. The molecule has 1 amide bonds. The van der Waals surface area contributed by atoms with E-state index in [4.69, 9.17) is 11.6 Å². The fraction of sp³-hybridized carbons (Fsp3) is 0.312. The second kappa shape index (κ2) is 7.75. The molecule has 9 heteroatoms. The molecule has 1 fully saturated rings. The number of rotatable bonds is 4. The number of hydrogen-bond donors (Lipinski definition) is 1. The molecule has 1 aliphatic heterocycles. The van der Waals surface area contributed by atoms with Gasteiger partial charge in [-0.3, -0.25) is 4.79 Å². The van der Waals surface area contributed by atoms with Crippen molar-refractivity contribution in [3.05, 3.63) is 45.2 Å². The molecular formula is C16H16BrClN2O3S2. The Bertz CT molecular complexity index is 868. The minimum atomic E-state index is -3.60. The zero-order chi connectivity index (χ0) is 18.0. The molecular weight excluding hydrogens is 448 g/mol. The third-order valence-corrected chi connectivity index (χ3v) is 8.10. The standard InChI is InChI=1S/C16H16BrClN2O3S2/c17-12-3-5-13(6-4-12)19-16(21)11-2-1-9-20(10-11)25(22,23)15-8-7-14(18)24-15/h3-8,11H,1-2,9-10H2,(H,19,21). The summed E-state index contributed by atoms with van der Waals surface area (Å²) in [6, 6.07) is 10.4. The Kier molecular flexibility index (Phi) is 5.85. The average Bonchev–Trinajstić information content (AvgIpc) is 3.04. The van der Waals surface area contributed by atoms with Crippen molar-refractivity contribution >= 4 is 60.5 Å². The van der Waals surface area contributed by atoms with Crippen molar-refractivity contribution in [3.63, 3.8) is 0 Å². The van der Waals surface area contributed by atoms with Crippen LogP contribution in [-0.4, -0.2) is 31.7 Å². The Morgan fingerprint density at radius 3 is 2.60 bits per heavy atom. The van der Waals surface area contributed by atoms with E-state index in [2.05, 4.69) is 21.2 Å². The summed E-state index contributed by atoms with van der Waals surface area (Å²) < 4.78 is 28.4. The summed E-state index contributed by atoms with van der Waals surface area (Å²) in [7, 11) is -3.60. The molecule has 0 bridgehead atoms. The van der Waals surface area contributed by atoms with E-state index in [0.29, 0.717) is 29.4 Å². The Morgan fingerprint density at radius 1 is 1.24 bits per heavy atom. The lowest BCUT2D eigenvalue weighted by atomic mass is 9.99. The molecule has 0 aliphatic carbocycles. The predicted molar refractivity (Wildman–Crippen MR) is 104 cm³/mol. The van der Waals surface area contributed by atoms with Crippen molar-refractivity contribution in [1.29, 1.82) is 0 Å². The van der Waals surface area contributed by atoms with Crippen molar-refractivity contribution in [3.8, 4) is 0 Å². The van der Waals surface area contributed by atoms with Gasteiger partial charge < -0.3 is 5.32 Å². The van der Waals surface area contributed by atoms with Crippen molar-refractivity contribution in [2.45, 2.75) is 17.1 Å². The van der Waals surface area contributed by atoms with Gasteiger partial charge in [0.05, 0.1) is 10.3 Å². The molecule has 0 spiro atoms. The minimum Gasteiger partial charge on any atom is -0.326 e. The molecule has 5 nitrogen and oxygen atoms in total. The quantitative estimate of drug-likeness (QED) is 0.739. The van der Waals surface area contributed by atoms with Crippen LogP contribution in [0, 0.1) is 5.92 Å². The summed E-state index contributed by atoms with van der Waals surface area (Å²) in [5.74, 6) is -0.533. The van der Waals surface area contributed by atoms with E-state index in [9.17, 15) is 13.2 Å². The van der Waals surface area contributed by atoms with Gasteiger partial charge in [0.2, 0.25) is 5.91 Å². The number of piperidine rings is 1. The van der Waals surface area contributed by atoms with Gasteiger partial charge in [0.15, 0.2) is 0 Å². The molecule has 1 unspecified atom stereocenters. The molecule has 0 saturated carbocycles. The zero-order valence-corrected chi connectivity index (χ0v) is 17.1. The first-order valence-corrected chi connectivity index (χ1v) is 11.1. The van der Waals surface area contributed by atoms with Gasteiger partial charge in [0.25, 0.3) is 10.0 Å². The van der Waals surface area contributed by atoms with Crippen molar-refractivity contribution in [1.82, 2.24) is 4.31 Å². The van der Waals surface area contributed by atoms with E-state index in [0.717, 1.165) is 15.8 Å². The van der Waals surface area contributed by atoms with Gasteiger partial charge in [0, 0.05) is 23.2 Å². The monoisotopic (exact) mass is 462 g/mol. The number of anilines is 1. The van der Waals surface area contributed by atoms with Crippen LogP contribution in [-0.2, 0) is 14.8 Å². The Labute approximate surface area is 164 Å². The van der Waals surface area contributed by atoms with Gasteiger partial charge in [-0.15, -0.1) is 11.3 Å². The van der Waals surface area contributed by atoms with Crippen LogP contribution >= 0.6 is 38.9 Å². The van der Waals surface area contributed by atoms with Gasteiger partial charge in [-0.1, -0.05) is 27.5 Å². The normalized spacial score (nSPS) is 18.9. The van der Waals surface area contributed by atoms with Crippen LogP contribution in [0.4, 0.5) is 5.69 Å². The number of carbonyl (C=O) groups is 1. The highest BCUT2D eigenvalue weighted by Crippen LogP contribution is 2.31. The molecule has 0 radical (unpaired) electrons. The number of carbonyl (C=O) groups excluding carboxylic acids is 1. The number of benzene rings is 1. The summed E-state index contributed by atoms with van der Waals surface area (Å²) in [6.07, 6.45) is 1.32. The minimum absolute atomic E-state index is 0.161. The summed E-state index contributed by atoms with van der Waals surface area (Å²) in [6.45, 7) is 0.597. The fourth-order valence-corrected chi connectivity index (χ4v) is 6.14. The molecule has 1 aromatic heterocycles. The molecule has 25 heavy (non-hydrogen) atoms. The maximum Gasteiger partial charge on any atom is 0.252 e. The highest BCUT2D eigenvalue weighted by Gasteiger charge is 2.34. The van der Waals surface area contributed by atoms with Crippen molar-refractivity contribution < 1.29 is 13.2 Å². The summed E-state index contributed by atoms with van der Waals surface area (Å²) in [5.41, 5.74) is 0.693. The van der Waals surface area contributed by atoms with Crippen LogP contribution in [0.3, 0.4) is 0 Å². The van der Waals surface area contributed by atoms with E-state index in [1.165, 1.54) is 10.4 Å². The maximum absolute atomic E-state index is 12.7. The third kappa shape index (κ3) is 4.43. The predicted octanol–water partition coefficient (Wildman–Crippen LogP) is 4.20. The average molecular weight is 464 g/mol. The van der Waals surface area contributed by atoms with Crippen LogP contribution in [0.5, 0.6) is 0 Å². The number of amides is 1. The van der Waals surface area contributed by atoms with Crippen LogP contribution in [0.2, 0.25) is 4.34 Å². The number of halogens is 2. The van der Waals surface area contributed by atoms with E-state index >= 15 is 0 Å². The molecule has 1 saturated heterocycles. The van der Waals surface area contributed by atoms with Gasteiger partial charge in [-0.2, -0.15) is 4.31 Å². The zero-order valence-electron chi connectivity index (χ0n) is 13.1. The molecule has 2 aromatic rings. The van der Waals surface area contributed by atoms with Crippen LogP contribution in [0.25, 0.3) is 0 Å². The Hall–Kier alpha value is -0.930. The molecule has 3 rings (SSSR count). The second-order valence-electron chi connectivity index (χ2n) is 5.76. The van der Waals surface area contributed by atoms with E-state index in [1.54, 1.807) is 18.2 Å².